The number of carbonyl (C=O) groups excluding carboxylic acids is 3. The molecule has 73 heavy (non-hydrogen) atoms. The Morgan fingerprint density at radius 1 is 0.411 bits per heavy atom. The summed E-state index contributed by atoms with van der Waals surface area (Å²) in [6, 6.07) is 0. The molecule has 0 bridgehead atoms. The van der Waals surface area contributed by atoms with E-state index >= 15 is 0 Å². The lowest BCUT2D eigenvalue weighted by molar-refractivity contribution is -0.870. The third-order valence-electron chi connectivity index (χ3n) is 13.9. The van der Waals surface area contributed by atoms with Crippen molar-refractivity contribution in [1.82, 2.24) is 0 Å². The lowest BCUT2D eigenvalue weighted by Crippen LogP contribution is -2.44. The van der Waals surface area contributed by atoms with Gasteiger partial charge in [0.25, 0.3) is 0 Å². The Bertz CT molecular complexity index is 1290. The van der Waals surface area contributed by atoms with Crippen LogP contribution in [0.2, 0.25) is 0 Å². The first-order chi connectivity index (χ1) is 35.6. The van der Waals surface area contributed by atoms with Gasteiger partial charge in [0.05, 0.1) is 40.3 Å². The minimum atomic E-state index is -1.62. The van der Waals surface area contributed by atoms with Crippen LogP contribution in [0.1, 0.15) is 296 Å². The maximum atomic E-state index is 12.9. The zero-order valence-electron chi connectivity index (χ0n) is 48.8. The van der Waals surface area contributed by atoms with Gasteiger partial charge in [0.2, 0.25) is 0 Å². The van der Waals surface area contributed by atoms with Gasteiger partial charge in [0.1, 0.15) is 13.2 Å². The second kappa shape index (κ2) is 55.7. The van der Waals surface area contributed by atoms with Gasteiger partial charge < -0.3 is 33.3 Å². The van der Waals surface area contributed by atoms with Crippen molar-refractivity contribution in [3.8, 4) is 0 Å². The van der Waals surface area contributed by atoms with Crippen LogP contribution in [-0.2, 0) is 33.3 Å². The number of ether oxygens (including phenoxy) is 4. The van der Waals surface area contributed by atoms with E-state index in [2.05, 4.69) is 50.3 Å². The van der Waals surface area contributed by atoms with Crippen molar-refractivity contribution in [2.45, 2.75) is 309 Å². The number of unbranched alkanes of at least 4 members (excludes halogenated alkanes) is 37. The molecule has 2 unspecified atom stereocenters. The van der Waals surface area contributed by atoms with E-state index in [1.165, 1.54) is 205 Å². The summed E-state index contributed by atoms with van der Waals surface area (Å²) >= 11 is 0. The summed E-state index contributed by atoms with van der Waals surface area (Å²) in [7, 11) is 5.93. The molecule has 0 aliphatic rings. The smallest absolute Gasteiger partial charge is 0.306 e. The van der Waals surface area contributed by atoms with Crippen molar-refractivity contribution >= 4 is 17.9 Å². The maximum Gasteiger partial charge on any atom is 0.306 e. The molecule has 0 saturated heterocycles. The average molecular weight is 1030 g/mol. The minimum absolute atomic E-state index is 0.147. The monoisotopic (exact) mass is 1030 g/mol. The molecule has 0 aliphatic carbocycles. The van der Waals surface area contributed by atoms with Crippen LogP contribution in [0.25, 0.3) is 0 Å². The summed E-state index contributed by atoms with van der Waals surface area (Å²) in [5.41, 5.74) is 0. The van der Waals surface area contributed by atoms with Gasteiger partial charge in [-0.15, -0.1) is 0 Å². The van der Waals surface area contributed by atoms with Crippen LogP contribution in [-0.4, -0.2) is 82.3 Å². The van der Waals surface area contributed by atoms with Gasteiger partial charge >= 0.3 is 11.9 Å². The van der Waals surface area contributed by atoms with E-state index in [1.807, 2.05) is 21.1 Å². The Labute approximate surface area is 451 Å². The number of carbonyl (C=O) groups is 3. The van der Waals surface area contributed by atoms with E-state index in [0.29, 0.717) is 23.9 Å². The van der Waals surface area contributed by atoms with E-state index in [0.717, 1.165) is 57.8 Å². The fraction of sp³-hybridized carbons (Fsp3) is 0.859. The number of allylic oxidation sites excluding steroid dienone is 6. The lowest BCUT2D eigenvalue weighted by atomic mass is 10.0. The van der Waals surface area contributed by atoms with Gasteiger partial charge in [-0.25, -0.2) is 0 Å². The molecular weight excluding hydrogens is 911 g/mol. The SMILES string of the molecule is CCCCCCC/C=C\C/C=C\C/C=C\CCCCCCCCCCC(=O)OC(COC(=O)CCCCCCCCCCCCCCCCCCCCCCCCCCC)COC(OCC[N+](C)(C)C)C(=O)[O-]. The second-order valence-electron chi connectivity index (χ2n) is 22.4. The zero-order chi connectivity index (χ0) is 53.4. The van der Waals surface area contributed by atoms with Gasteiger partial charge in [-0.3, -0.25) is 9.59 Å². The molecule has 0 aromatic heterocycles. The van der Waals surface area contributed by atoms with Crippen molar-refractivity contribution in [2.75, 3.05) is 47.5 Å². The number of aliphatic carboxylic acids is 1. The normalized spacial score (nSPS) is 12.9. The molecule has 0 N–H and O–H groups in total. The first-order valence-electron chi connectivity index (χ1n) is 31.1. The topological polar surface area (TPSA) is 111 Å². The number of rotatable bonds is 58. The summed E-state index contributed by atoms with van der Waals surface area (Å²) in [6.07, 6.45) is 64.8. The number of carboxylic acids is 1. The van der Waals surface area contributed by atoms with Crippen LogP contribution in [0.4, 0.5) is 0 Å². The van der Waals surface area contributed by atoms with Gasteiger partial charge in [0.15, 0.2) is 12.4 Å². The third-order valence-corrected chi connectivity index (χ3v) is 13.9. The van der Waals surface area contributed by atoms with Crippen LogP contribution in [0.15, 0.2) is 36.5 Å². The molecule has 0 rings (SSSR count). The van der Waals surface area contributed by atoms with Crippen molar-refractivity contribution in [2.24, 2.45) is 0 Å². The molecule has 0 fully saturated rings. The molecule has 0 aliphatic heterocycles. The van der Waals surface area contributed by atoms with Gasteiger partial charge in [-0.05, 0) is 51.4 Å². The maximum absolute atomic E-state index is 12.9. The summed E-state index contributed by atoms with van der Waals surface area (Å²) in [6.45, 7) is 4.78. The Hall–Kier alpha value is -2.49. The van der Waals surface area contributed by atoms with Crippen molar-refractivity contribution in [3.63, 3.8) is 0 Å². The van der Waals surface area contributed by atoms with Crippen LogP contribution >= 0.6 is 0 Å². The molecule has 2 atom stereocenters. The van der Waals surface area contributed by atoms with E-state index in [9.17, 15) is 19.5 Å². The highest BCUT2D eigenvalue weighted by molar-refractivity contribution is 5.70. The van der Waals surface area contributed by atoms with E-state index in [1.54, 1.807) is 0 Å². The molecule has 0 saturated carbocycles. The van der Waals surface area contributed by atoms with E-state index in [4.69, 9.17) is 18.9 Å². The average Bonchev–Trinajstić information content (AvgIpc) is 3.36. The lowest BCUT2D eigenvalue weighted by Gasteiger charge is -2.26. The summed E-state index contributed by atoms with van der Waals surface area (Å²) < 4.78 is 22.7. The highest BCUT2D eigenvalue weighted by atomic mass is 16.7. The number of hydrogen-bond acceptors (Lipinski definition) is 8. The van der Waals surface area contributed by atoms with Crippen LogP contribution in [0.5, 0.6) is 0 Å². The number of esters is 2. The number of quaternary nitrogens is 1. The molecule has 0 aromatic rings. The standard InChI is InChI=1S/C64H119NO8/c1-6-8-10-12-14-16-18-20-22-24-26-28-30-31-33-34-36-38-40-42-44-46-48-50-52-54-61(66)71-58-60(59-72-64(63(68)69)70-57-56-65(3,4)5)73-62(67)55-53-51-49-47-45-43-41-39-37-35-32-29-27-25-23-21-19-17-15-13-11-9-7-2/h19,21,25,27,32,35,60,64H,6-18,20,22-24,26,28-31,33-34,36-59H2,1-5H3/b21-19-,27-25-,35-32-. The molecule has 0 amide bonds. The summed E-state index contributed by atoms with van der Waals surface area (Å²) in [5, 5.41) is 11.8. The minimum Gasteiger partial charge on any atom is -0.545 e. The molecule has 0 aromatic carbocycles. The van der Waals surface area contributed by atoms with Gasteiger partial charge in [-0.1, -0.05) is 269 Å². The Balaban J connectivity index is 4.19. The zero-order valence-corrected chi connectivity index (χ0v) is 48.8. The number of hydrogen-bond donors (Lipinski definition) is 0. The molecular formula is C64H119NO8. The molecule has 9 nitrogen and oxygen atoms in total. The molecule has 0 spiro atoms. The van der Waals surface area contributed by atoms with E-state index in [-0.39, 0.29) is 32.2 Å². The highest BCUT2D eigenvalue weighted by Gasteiger charge is 2.22. The Morgan fingerprint density at radius 2 is 0.740 bits per heavy atom. The Kier molecular flexibility index (Phi) is 53.8. The van der Waals surface area contributed by atoms with Gasteiger partial charge in [-0.2, -0.15) is 0 Å². The molecule has 0 heterocycles. The summed E-state index contributed by atoms with van der Waals surface area (Å²) in [4.78, 5) is 37.4. The fourth-order valence-corrected chi connectivity index (χ4v) is 9.08. The first kappa shape index (κ1) is 70.5. The predicted molar refractivity (Wildman–Crippen MR) is 306 cm³/mol. The number of nitrogens with zero attached hydrogens (tertiary/aromatic N) is 1. The second-order valence-corrected chi connectivity index (χ2v) is 22.4. The van der Waals surface area contributed by atoms with Crippen molar-refractivity contribution in [1.29, 1.82) is 0 Å². The molecule has 428 valence electrons. The van der Waals surface area contributed by atoms with Crippen LogP contribution in [0.3, 0.4) is 0 Å². The van der Waals surface area contributed by atoms with Crippen molar-refractivity contribution in [3.05, 3.63) is 36.5 Å². The quantitative estimate of drug-likeness (QED) is 0.0195. The number of carboxylic acid groups (broad SMARTS) is 1. The first-order valence-corrected chi connectivity index (χ1v) is 31.1. The molecule has 9 heteroatoms. The Morgan fingerprint density at radius 3 is 1.10 bits per heavy atom. The summed E-state index contributed by atoms with van der Waals surface area (Å²) in [5.74, 6) is -2.27. The van der Waals surface area contributed by atoms with Gasteiger partial charge in [0, 0.05) is 12.8 Å². The van der Waals surface area contributed by atoms with Crippen LogP contribution < -0.4 is 5.11 Å². The highest BCUT2D eigenvalue weighted by Crippen LogP contribution is 2.17. The largest absolute Gasteiger partial charge is 0.545 e. The third kappa shape index (κ3) is 57.1. The number of likely N-dealkylation sites (N-methyl/N-ethyl adjacent to an activating group) is 1. The van der Waals surface area contributed by atoms with E-state index < -0.39 is 24.3 Å². The predicted octanol–water partition coefficient (Wildman–Crippen LogP) is 17.1. The van der Waals surface area contributed by atoms with Crippen LogP contribution in [0, 0.1) is 0 Å². The van der Waals surface area contributed by atoms with Crippen molar-refractivity contribution < 1.29 is 42.9 Å². The molecule has 0 radical (unpaired) electrons. The fourth-order valence-electron chi connectivity index (χ4n) is 9.08.